The number of carbonyl (C=O) groups excluding carboxylic acids is 3. The standard InChI is InChI=1S/C34H36N4O2.C30H32BrN5O2S.C30H33N5O2S/c1-23(2)31(37(19-9-18-35)33(39)26-16-14-24(3)15-17-26)32-36-30-21-28-13-8-7-12-27(28)20-29(30)34(40)38(32)22-25-10-5-4-6-11-25;1-18(2)27(35(12-5-11-32)29(37)20-9-7-19(3)8-10-20)28-34-25-16-24-21(15-26(31)33-24)14-23(25)30(38)36(28)17-22-6-4-13-39-22;1-19(2)27(34(14-5-12-31)29(36)21-9-7-20(3)8-10-21)28-33-26-17-25-22(11-13-32-25)16-24(26)30(37)35(28)18-23-6-4-15-38-23/h4-8,10-17,20-21,23,31H,9,18-19,22,35H2,1-3H3;4,6-10,13-16,18,27,33H,5,11-12,17,32H2,1-3H3;4,6-11,13,15-17,19,27,32H,5,12,14,18,31H2,1-3H3. The number of aryl methyl sites for hydroxylation is 3. The van der Waals surface area contributed by atoms with Crippen LogP contribution < -0.4 is 33.9 Å². The van der Waals surface area contributed by atoms with Gasteiger partial charge in [0.25, 0.3) is 34.4 Å². The number of benzene rings is 8. The van der Waals surface area contributed by atoms with Gasteiger partial charge in [-0.1, -0.05) is 161 Å². The second-order valence-electron chi connectivity index (χ2n) is 31.0. The first-order valence-corrected chi connectivity index (χ1v) is 42.6. The van der Waals surface area contributed by atoms with Crippen LogP contribution in [0.4, 0.5) is 0 Å². The Morgan fingerprint density at radius 2 is 0.786 bits per heavy atom. The van der Waals surface area contributed by atoms with Crippen LogP contribution >= 0.6 is 38.6 Å². The molecule has 0 aliphatic carbocycles. The fraction of sp³-hybridized carbons (Fsp3) is 0.287. The first-order valence-electron chi connectivity index (χ1n) is 40.0. The van der Waals surface area contributed by atoms with E-state index in [0.29, 0.717) is 145 Å². The first-order chi connectivity index (χ1) is 56.5. The van der Waals surface area contributed by atoms with Gasteiger partial charge in [0.05, 0.1) is 75.1 Å². The number of amides is 3. The van der Waals surface area contributed by atoms with E-state index in [0.717, 1.165) is 69.2 Å². The number of aromatic amines is 2. The number of nitrogens with two attached hydrogens (primary N) is 3. The molecular formula is C94H101BrN14O6S2. The van der Waals surface area contributed by atoms with Crippen molar-refractivity contribution in [3.8, 4) is 0 Å². The zero-order chi connectivity index (χ0) is 82.7. The molecule has 8 N–H and O–H groups in total. The molecule has 7 aromatic heterocycles. The van der Waals surface area contributed by atoms with Gasteiger partial charge in [-0.3, -0.25) is 42.5 Å². The monoisotopic (exact) mass is 1660 g/mol. The minimum Gasteiger partial charge on any atom is -0.361 e. The molecule has 7 heterocycles. The molecule has 0 fully saturated rings. The van der Waals surface area contributed by atoms with Crippen molar-refractivity contribution in [1.29, 1.82) is 0 Å². The van der Waals surface area contributed by atoms with E-state index in [1.807, 2.05) is 253 Å². The third-order valence-electron chi connectivity index (χ3n) is 21.4. The van der Waals surface area contributed by atoms with Gasteiger partial charge in [-0.2, -0.15) is 0 Å². The van der Waals surface area contributed by atoms with Crippen molar-refractivity contribution in [2.75, 3.05) is 39.3 Å². The Balaban J connectivity index is 0.000000152. The van der Waals surface area contributed by atoms with Gasteiger partial charge in [-0.25, -0.2) is 15.0 Å². The molecular weight excluding hydrogens is 1570 g/mol. The molecule has 3 amide bonds. The lowest BCUT2D eigenvalue weighted by Crippen LogP contribution is -2.42. The molecule has 3 atom stereocenters. The maximum atomic E-state index is 14.2. The molecule has 8 aromatic carbocycles. The van der Waals surface area contributed by atoms with Gasteiger partial charge in [-0.15, -0.1) is 22.7 Å². The zero-order valence-corrected chi connectivity index (χ0v) is 70.9. The summed E-state index contributed by atoms with van der Waals surface area (Å²) in [5.74, 6) is 1.45. The minimum atomic E-state index is -0.437. The van der Waals surface area contributed by atoms with Crippen molar-refractivity contribution in [3.63, 3.8) is 0 Å². The molecule has 23 heteroatoms. The van der Waals surface area contributed by atoms with Crippen molar-refractivity contribution in [2.45, 2.75) is 119 Å². The largest absolute Gasteiger partial charge is 0.361 e. The van der Waals surface area contributed by atoms with Gasteiger partial charge in [0.15, 0.2) is 0 Å². The van der Waals surface area contributed by atoms with Gasteiger partial charge >= 0.3 is 0 Å². The summed E-state index contributed by atoms with van der Waals surface area (Å²) in [6.45, 7) is 22.3. The number of thiophene rings is 2. The molecule has 117 heavy (non-hydrogen) atoms. The summed E-state index contributed by atoms with van der Waals surface area (Å²) < 4.78 is 6.11. The SMILES string of the molecule is Cc1ccc(C(=O)N(CCCN)C(c2nc3cc4[nH]c(Br)cc4cc3c(=O)n2Cc2cccs2)C(C)C)cc1.Cc1ccc(C(=O)N(CCCN)C(c2nc3cc4[nH]ccc4cc3c(=O)n2Cc2cccs2)C(C)C)cc1.Cc1ccc(C(=O)N(CCCN)C(c2nc3cc4ccccc4cc3c(=O)n2Cc2ccccc2)C(C)C)cc1. The minimum absolute atomic E-state index is 0.00433. The highest BCUT2D eigenvalue weighted by atomic mass is 79.9. The average Bonchev–Trinajstić information content (AvgIpc) is 1.57. The molecule has 0 aliphatic heterocycles. The van der Waals surface area contributed by atoms with Gasteiger partial charge in [0.1, 0.15) is 17.5 Å². The van der Waals surface area contributed by atoms with Crippen LogP contribution in [0.2, 0.25) is 0 Å². The van der Waals surface area contributed by atoms with E-state index >= 15 is 0 Å². The Morgan fingerprint density at radius 3 is 1.18 bits per heavy atom. The molecule has 0 saturated heterocycles. The number of halogens is 1. The zero-order valence-electron chi connectivity index (χ0n) is 67.6. The molecule has 15 aromatic rings. The lowest BCUT2D eigenvalue weighted by atomic mass is 9.98. The van der Waals surface area contributed by atoms with Crippen molar-refractivity contribution in [1.82, 2.24) is 53.3 Å². The summed E-state index contributed by atoms with van der Waals surface area (Å²) in [4.78, 5) is 114. The summed E-state index contributed by atoms with van der Waals surface area (Å²) in [5, 5.41) is 9.61. The fourth-order valence-corrected chi connectivity index (χ4v) is 17.3. The predicted octanol–water partition coefficient (Wildman–Crippen LogP) is 17.8. The highest BCUT2D eigenvalue weighted by Crippen LogP contribution is 2.36. The summed E-state index contributed by atoms with van der Waals surface area (Å²) in [5.41, 5.74) is 27.2. The van der Waals surface area contributed by atoms with Gasteiger partial charge in [0, 0.05) is 74.1 Å². The van der Waals surface area contributed by atoms with Crippen LogP contribution in [0.1, 0.15) is 159 Å². The molecule has 0 saturated carbocycles. The normalized spacial score (nSPS) is 12.4. The number of hydrogen-bond donors (Lipinski definition) is 5. The van der Waals surface area contributed by atoms with E-state index in [1.54, 1.807) is 36.4 Å². The second-order valence-corrected chi connectivity index (χ2v) is 34.0. The quantitative estimate of drug-likeness (QED) is 0.0301. The Bertz CT molecular complexity index is 6180. The van der Waals surface area contributed by atoms with Crippen LogP contribution in [-0.2, 0) is 19.6 Å². The lowest BCUT2D eigenvalue weighted by molar-refractivity contribution is 0.0596. The maximum absolute atomic E-state index is 14.2. The van der Waals surface area contributed by atoms with E-state index in [-0.39, 0.29) is 52.2 Å². The highest BCUT2D eigenvalue weighted by molar-refractivity contribution is 9.10. The Kier molecular flexibility index (Phi) is 27.0. The molecule has 0 radical (unpaired) electrons. The molecule has 0 spiro atoms. The Hall–Kier alpha value is -11.3. The average molecular weight is 1670 g/mol. The number of carbonyl (C=O) groups is 3. The summed E-state index contributed by atoms with van der Waals surface area (Å²) in [7, 11) is 0. The third kappa shape index (κ3) is 18.9. The van der Waals surface area contributed by atoms with Gasteiger partial charge in [-0.05, 0) is 218 Å². The maximum Gasteiger partial charge on any atom is 0.261 e. The van der Waals surface area contributed by atoms with E-state index < -0.39 is 18.1 Å². The number of aromatic nitrogens is 8. The van der Waals surface area contributed by atoms with Gasteiger partial charge in [0.2, 0.25) is 0 Å². The van der Waals surface area contributed by atoms with Crippen LogP contribution in [-0.4, -0.2) is 110 Å². The number of H-pyrrole nitrogens is 2. The van der Waals surface area contributed by atoms with Crippen LogP contribution in [0.15, 0.2) is 236 Å². The smallest absolute Gasteiger partial charge is 0.261 e. The molecule has 3 unspecified atom stereocenters. The lowest BCUT2D eigenvalue weighted by Gasteiger charge is -2.35. The van der Waals surface area contributed by atoms with Gasteiger partial charge < -0.3 is 41.9 Å². The molecule has 0 bridgehead atoms. The third-order valence-corrected chi connectivity index (χ3v) is 23.5. The van der Waals surface area contributed by atoms with Crippen molar-refractivity contribution < 1.29 is 14.4 Å². The van der Waals surface area contributed by atoms with Crippen LogP contribution in [0, 0.1) is 38.5 Å². The highest BCUT2D eigenvalue weighted by Gasteiger charge is 2.37. The van der Waals surface area contributed by atoms with E-state index in [4.69, 9.17) is 32.2 Å². The molecule has 20 nitrogen and oxygen atoms in total. The fourth-order valence-electron chi connectivity index (χ4n) is 15.4. The number of nitrogens with one attached hydrogen (secondary N) is 2. The van der Waals surface area contributed by atoms with Crippen molar-refractivity contribution >= 4 is 122 Å². The van der Waals surface area contributed by atoms with Crippen LogP contribution in [0.5, 0.6) is 0 Å². The van der Waals surface area contributed by atoms with Crippen LogP contribution in [0.3, 0.4) is 0 Å². The Labute approximate surface area is 697 Å². The first kappa shape index (κ1) is 83.6. The van der Waals surface area contributed by atoms with E-state index in [2.05, 4.69) is 67.4 Å². The molecule has 15 rings (SSSR count). The number of hydrogen-bond acceptors (Lipinski definition) is 14. The molecule has 602 valence electrons. The van der Waals surface area contributed by atoms with E-state index in [1.165, 1.54) is 0 Å². The molecule has 0 aliphatic rings. The van der Waals surface area contributed by atoms with Crippen molar-refractivity contribution in [2.24, 2.45) is 35.0 Å². The van der Waals surface area contributed by atoms with Crippen LogP contribution in [0.25, 0.3) is 65.3 Å². The topological polar surface area (TPSA) is 275 Å². The summed E-state index contributed by atoms with van der Waals surface area (Å²) in [6, 6.07) is 62.9. The second kappa shape index (κ2) is 37.7. The summed E-state index contributed by atoms with van der Waals surface area (Å²) >= 11 is 6.70. The Morgan fingerprint density at radius 1 is 0.419 bits per heavy atom. The number of nitrogens with zero attached hydrogens (tertiary/aromatic N) is 9. The number of rotatable bonds is 27. The van der Waals surface area contributed by atoms with E-state index in [9.17, 15) is 28.8 Å². The van der Waals surface area contributed by atoms with Crippen molar-refractivity contribution in [3.05, 3.63) is 319 Å². The summed E-state index contributed by atoms with van der Waals surface area (Å²) in [6.07, 6.45) is 3.79. The predicted molar refractivity (Wildman–Crippen MR) is 480 cm³/mol. The number of fused-ring (bicyclic) bond motifs is 6.